The van der Waals surface area contributed by atoms with Gasteiger partial charge in [-0.3, -0.25) is 4.79 Å². The van der Waals surface area contributed by atoms with Crippen molar-refractivity contribution >= 4 is 5.91 Å². The SMILES string of the molecule is CCCC1=C(C)[C@H]2CC[C@@H]1C[C@@]2(O)CCN(C)CCCN(C)C(=O)C(C)(COC)COC. The standard InChI is InChI=1S/C26H48N2O4/c1-8-10-22-20(2)23-12-11-21(22)17-26(23,30)13-16-27(4)14-9-15-28(5)24(29)25(3,18-31-6)19-32-7/h21,23,30H,8-19H2,1-7H3/t21-,23-,26+/m1/s1. The summed E-state index contributed by atoms with van der Waals surface area (Å²) in [4.78, 5) is 17.0. The first-order valence-corrected chi connectivity index (χ1v) is 12.5. The molecule has 3 aliphatic rings. The second-order valence-corrected chi connectivity index (χ2v) is 10.7. The zero-order valence-corrected chi connectivity index (χ0v) is 21.7. The molecule has 0 aromatic carbocycles. The third-order valence-electron chi connectivity index (χ3n) is 7.84. The van der Waals surface area contributed by atoms with Crippen LogP contribution in [0.4, 0.5) is 0 Å². The summed E-state index contributed by atoms with van der Waals surface area (Å²) in [5.74, 6) is 0.982. The highest BCUT2D eigenvalue weighted by Gasteiger charge is 2.48. The Morgan fingerprint density at radius 1 is 1.16 bits per heavy atom. The van der Waals surface area contributed by atoms with Crippen LogP contribution in [0.15, 0.2) is 11.1 Å². The zero-order valence-electron chi connectivity index (χ0n) is 21.7. The van der Waals surface area contributed by atoms with Gasteiger partial charge in [0.15, 0.2) is 0 Å². The summed E-state index contributed by atoms with van der Waals surface area (Å²) in [5.41, 5.74) is 1.92. The number of carbonyl (C=O) groups excluding carboxylic acids is 1. The molecule has 0 aliphatic heterocycles. The van der Waals surface area contributed by atoms with Gasteiger partial charge in [0.1, 0.15) is 0 Å². The van der Waals surface area contributed by atoms with E-state index in [1.807, 2.05) is 14.0 Å². The lowest BCUT2D eigenvalue weighted by Gasteiger charge is -2.51. The molecule has 0 spiro atoms. The van der Waals surface area contributed by atoms with Crippen LogP contribution in [-0.4, -0.2) is 87.6 Å². The molecular weight excluding hydrogens is 404 g/mol. The Kier molecular flexibility index (Phi) is 10.2. The lowest BCUT2D eigenvalue weighted by Crippen LogP contribution is -2.50. The topological polar surface area (TPSA) is 62.2 Å². The van der Waals surface area contributed by atoms with Crippen LogP contribution in [-0.2, 0) is 14.3 Å². The number of rotatable bonds is 14. The van der Waals surface area contributed by atoms with E-state index in [0.29, 0.717) is 31.6 Å². The van der Waals surface area contributed by atoms with Gasteiger partial charge in [-0.1, -0.05) is 24.5 Å². The number of methoxy groups -OCH3 is 2. The average Bonchev–Trinajstić information content (AvgIpc) is 2.74. The fourth-order valence-electron chi connectivity index (χ4n) is 6.16. The van der Waals surface area contributed by atoms with E-state index in [2.05, 4.69) is 25.8 Å². The molecule has 0 aromatic heterocycles. The highest BCUT2D eigenvalue weighted by Crippen LogP contribution is 2.52. The lowest BCUT2D eigenvalue weighted by molar-refractivity contribution is -0.146. The summed E-state index contributed by atoms with van der Waals surface area (Å²) in [6, 6.07) is 0. The van der Waals surface area contributed by atoms with Gasteiger partial charge >= 0.3 is 0 Å². The number of ether oxygens (including phenoxy) is 2. The van der Waals surface area contributed by atoms with Crippen molar-refractivity contribution in [2.24, 2.45) is 17.3 Å². The predicted molar refractivity (Wildman–Crippen MR) is 130 cm³/mol. The van der Waals surface area contributed by atoms with Crippen LogP contribution in [0, 0.1) is 17.3 Å². The molecule has 1 fully saturated rings. The van der Waals surface area contributed by atoms with Crippen molar-refractivity contribution in [3.8, 4) is 0 Å². The number of hydrogen-bond acceptors (Lipinski definition) is 5. The molecule has 0 heterocycles. The molecule has 6 nitrogen and oxygen atoms in total. The van der Waals surface area contributed by atoms with Crippen molar-refractivity contribution < 1.29 is 19.4 Å². The fourth-order valence-corrected chi connectivity index (χ4v) is 6.16. The maximum absolute atomic E-state index is 12.9. The lowest BCUT2D eigenvalue weighted by atomic mass is 9.58. The van der Waals surface area contributed by atoms with Gasteiger partial charge in [0.25, 0.3) is 0 Å². The second kappa shape index (κ2) is 12.0. The maximum Gasteiger partial charge on any atom is 0.232 e. The molecular formula is C26H48N2O4. The smallest absolute Gasteiger partial charge is 0.232 e. The molecule has 0 saturated heterocycles. The van der Waals surface area contributed by atoms with E-state index in [1.54, 1.807) is 24.7 Å². The minimum absolute atomic E-state index is 0.0570. The monoisotopic (exact) mass is 452 g/mol. The molecule has 3 atom stereocenters. The van der Waals surface area contributed by atoms with Gasteiger partial charge < -0.3 is 24.4 Å². The molecule has 6 heteroatoms. The number of aliphatic hydroxyl groups is 1. The quantitative estimate of drug-likeness (QED) is 0.407. The van der Waals surface area contributed by atoms with Crippen molar-refractivity contribution in [3.05, 3.63) is 11.1 Å². The minimum Gasteiger partial charge on any atom is -0.389 e. The summed E-state index contributed by atoms with van der Waals surface area (Å²) in [7, 11) is 7.21. The summed E-state index contributed by atoms with van der Waals surface area (Å²) < 4.78 is 10.5. The molecule has 32 heavy (non-hydrogen) atoms. The van der Waals surface area contributed by atoms with E-state index in [4.69, 9.17) is 9.47 Å². The molecule has 0 unspecified atom stereocenters. The number of amides is 1. The third-order valence-corrected chi connectivity index (χ3v) is 7.84. The summed E-state index contributed by atoms with van der Waals surface area (Å²) in [5, 5.41) is 11.5. The summed E-state index contributed by atoms with van der Waals surface area (Å²) in [6.45, 7) is 9.60. The first-order valence-electron chi connectivity index (χ1n) is 12.5. The van der Waals surface area contributed by atoms with Gasteiger partial charge in [0, 0.05) is 40.3 Å². The molecule has 1 saturated carbocycles. The molecule has 0 radical (unpaired) electrons. The van der Waals surface area contributed by atoms with Crippen molar-refractivity contribution in [2.75, 3.05) is 61.2 Å². The van der Waals surface area contributed by atoms with Crippen LogP contribution in [0.2, 0.25) is 0 Å². The Morgan fingerprint density at radius 3 is 2.38 bits per heavy atom. The van der Waals surface area contributed by atoms with Crippen molar-refractivity contribution in [2.45, 2.75) is 71.3 Å². The first kappa shape index (κ1) is 27.3. The molecule has 0 aromatic rings. The summed E-state index contributed by atoms with van der Waals surface area (Å²) >= 11 is 0. The zero-order chi connectivity index (χ0) is 23.9. The summed E-state index contributed by atoms with van der Waals surface area (Å²) in [6.07, 6.45) is 7.45. The Hall–Kier alpha value is -0.950. The number of carbonyl (C=O) groups is 1. The van der Waals surface area contributed by atoms with E-state index in [9.17, 15) is 9.90 Å². The van der Waals surface area contributed by atoms with Crippen LogP contribution < -0.4 is 0 Å². The van der Waals surface area contributed by atoms with Crippen LogP contribution in [0.1, 0.15) is 65.7 Å². The van der Waals surface area contributed by atoms with Crippen LogP contribution >= 0.6 is 0 Å². The Bertz CT molecular complexity index is 644. The second-order valence-electron chi connectivity index (χ2n) is 10.7. The minimum atomic E-state index is -0.657. The van der Waals surface area contributed by atoms with Gasteiger partial charge in [0.05, 0.1) is 24.2 Å². The Balaban J connectivity index is 1.80. The van der Waals surface area contributed by atoms with E-state index in [-0.39, 0.29) is 5.91 Å². The molecule has 2 bridgehead atoms. The highest BCUT2D eigenvalue weighted by atomic mass is 16.5. The van der Waals surface area contributed by atoms with Crippen LogP contribution in [0.5, 0.6) is 0 Å². The highest BCUT2D eigenvalue weighted by molar-refractivity contribution is 5.82. The average molecular weight is 453 g/mol. The van der Waals surface area contributed by atoms with E-state index in [0.717, 1.165) is 38.8 Å². The Labute approximate surface area is 196 Å². The van der Waals surface area contributed by atoms with Crippen LogP contribution in [0.25, 0.3) is 0 Å². The molecule has 1 N–H and O–H groups in total. The number of hydrogen-bond donors (Lipinski definition) is 1. The van der Waals surface area contributed by atoms with Crippen molar-refractivity contribution in [1.82, 2.24) is 9.80 Å². The van der Waals surface area contributed by atoms with Crippen molar-refractivity contribution in [1.29, 1.82) is 0 Å². The van der Waals surface area contributed by atoms with Gasteiger partial charge in [-0.05, 0) is 71.9 Å². The van der Waals surface area contributed by atoms with Gasteiger partial charge in [-0.25, -0.2) is 0 Å². The van der Waals surface area contributed by atoms with E-state index in [1.165, 1.54) is 24.8 Å². The molecule has 1 amide bonds. The predicted octanol–water partition coefficient (Wildman–Crippen LogP) is 3.73. The van der Waals surface area contributed by atoms with Gasteiger partial charge in [0.2, 0.25) is 5.91 Å². The molecule has 186 valence electrons. The Morgan fingerprint density at radius 2 is 1.81 bits per heavy atom. The van der Waals surface area contributed by atoms with Crippen molar-refractivity contribution in [3.63, 3.8) is 0 Å². The fraction of sp³-hybridized carbons (Fsp3) is 0.885. The maximum atomic E-state index is 12.9. The molecule has 3 aliphatic carbocycles. The number of allylic oxidation sites excluding steroid dienone is 1. The largest absolute Gasteiger partial charge is 0.389 e. The number of fused-ring (bicyclic) bond motifs is 2. The third kappa shape index (κ3) is 6.34. The first-order chi connectivity index (χ1) is 15.1. The number of nitrogens with zero attached hydrogens (tertiary/aromatic N) is 2. The van der Waals surface area contributed by atoms with E-state index < -0.39 is 11.0 Å². The normalized spacial score (nSPS) is 25.7. The van der Waals surface area contributed by atoms with E-state index >= 15 is 0 Å². The molecule has 3 rings (SSSR count). The van der Waals surface area contributed by atoms with Crippen LogP contribution in [0.3, 0.4) is 0 Å². The van der Waals surface area contributed by atoms with Gasteiger partial charge in [-0.2, -0.15) is 0 Å². The van der Waals surface area contributed by atoms with Gasteiger partial charge in [-0.15, -0.1) is 0 Å².